The van der Waals surface area contributed by atoms with Gasteiger partial charge in [-0.3, -0.25) is 9.59 Å². The first-order valence-corrected chi connectivity index (χ1v) is 13.8. The van der Waals surface area contributed by atoms with E-state index in [4.69, 9.17) is 0 Å². The van der Waals surface area contributed by atoms with Crippen LogP contribution in [0.3, 0.4) is 0 Å². The molecule has 3 rings (SSSR count). The third-order valence-electron chi connectivity index (χ3n) is 5.88. The monoisotopic (exact) mass is 491 g/mol. The van der Waals surface area contributed by atoms with Gasteiger partial charge in [0.25, 0.3) is 0 Å². The topological polar surface area (TPSA) is 95.6 Å². The fraction of sp³-hybridized carbons (Fsp3) is 0.500. The van der Waals surface area contributed by atoms with Crippen molar-refractivity contribution in [3.8, 4) is 0 Å². The van der Waals surface area contributed by atoms with Gasteiger partial charge in [-0.15, -0.1) is 11.3 Å². The standard InChI is InChI=1S/C24H33N3O4S2/c1-18(2)23(24(29)26-19-10-5-3-6-11-19)27(17-20-12-9-15-32-20)22(28)16-25-33(30,31)21-13-7-4-8-14-21/h4,7-9,12-15,18-19,23,25H,3,5-6,10-11,16-17H2,1-2H3,(H,26,29). The third-order valence-corrected chi connectivity index (χ3v) is 8.16. The number of hydrogen-bond donors (Lipinski definition) is 2. The van der Waals surface area contributed by atoms with Crippen molar-refractivity contribution in [2.75, 3.05) is 6.54 Å². The lowest BCUT2D eigenvalue weighted by Gasteiger charge is -2.35. The molecule has 2 N–H and O–H groups in total. The van der Waals surface area contributed by atoms with Crippen LogP contribution in [-0.2, 0) is 26.2 Å². The zero-order chi connectivity index (χ0) is 23.8. The molecule has 180 valence electrons. The molecule has 1 aromatic carbocycles. The quantitative estimate of drug-likeness (QED) is 0.532. The summed E-state index contributed by atoms with van der Waals surface area (Å²) < 4.78 is 27.6. The van der Waals surface area contributed by atoms with Gasteiger partial charge in [0, 0.05) is 10.9 Å². The molecule has 1 aliphatic carbocycles. The molecule has 1 aliphatic rings. The molecule has 0 spiro atoms. The van der Waals surface area contributed by atoms with E-state index in [1.165, 1.54) is 34.8 Å². The minimum atomic E-state index is -3.84. The molecule has 1 heterocycles. The SMILES string of the molecule is CC(C)C(C(=O)NC1CCCCC1)N(Cc1cccs1)C(=O)CNS(=O)(=O)c1ccccc1. The summed E-state index contributed by atoms with van der Waals surface area (Å²) in [5.74, 6) is -0.739. The van der Waals surface area contributed by atoms with Crippen LogP contribution in [0.15, 0.2) is 52.7 Å². The number of sulfonamides is 1. The summed E-state index contributed by atoms with van der Waals surface area (Å²) in [6.07, 6.45) is 5.27. The maximum atomic E-state index is 13.3. The van der Waals surface area contributed by atoms with E-state index in [0.717, 1.165) is 30.6 Å². The predicted octanol–water partition coefficient (Wildman–Crippen LogP) is 3.53. The Labute approximate surface area is 200 Å². The Morgan fingerprint density at radius 2 is 1.76 bits per heavy atom. The summed E-state index contributed by atoms with van der Waals surface area (Å²) in [5, 5.41) is 5.06. The summed E-state index contributed by atoms with van der Waals surface area (Å²) in [6.45, 7) is 3.66. The maximum Gasteiger partial charge on any atom is 0.243 e. The molecule has 2 amide bonds. The summed E-state index contributed by atoms with van der Waals surface area (Å²) in [5.41, 5.74) is 0. The van der Waals surface area contributed by atoms with E-state index >= 15 is 0 Å². The number of nitrogens with zero attached hydrogens (tertiary/aromatic N) is 1. The van der Waals surface area contributed by atoms with Crippen molar-refractivity contribution in [1.82, 2.24) is 14.9 Å². The lowest BCUT2D eigenvalue weighted by Crippen LogP contribution is -2.55. The molecular weight excluding hydrogens is 458 g/mol. The van der Waals surface area contributed by atoms with Crippen molar-refractivity contribution >= 4 is 33.2 Å². The molecule has 7 nitrogen and oxygen atoms in total. The van der Waals surface area contributed by atoms with Crippen LogP contribution in [0.25, 0.3) is 0 Å². The number of thiophene rings is 1. The van der Waals surface area contributed by atoms with E-state index in [0.29, 0.717) is 0 Å². The second-order valence-corrected chi connectivity index (χ2v) is 11.6. The van der Waals surface area contributed by atoms with Crippen LogP contribution >= 0.6 is 11.3 Å². The van der Waals surface area contributed by atoms with Crippen LogP contribution < -0.4 is 10.0 Å². The second-order valence-electron chi connectivity index (χ2n) is 8.77. The zero-order valence-corrected chi connectivity index (χ0v) is 20.8. The minimum absolute atomic E-state index is 0.0954. The molecule has 0 radical (unpaired) electrons. The fourth-order valence-electron chi connectivity index (χ4n) is 4.19. The Morgan fingerprint density at radius 3 is 2.36 bits per heavy atom. The number of benzene rings is 1. The second kappa shape index (κ2) is 11.8. The highest BCUT2D eigenvalue weighted by molar-refractivity contribution is 7.89. The third kappa shape index (κ3) is 7.12. The van der Waals surface area contributed by atoms with Gasteiger partial charge in [0.2, 0.25) is 21.8 Å². The lowest BCUT2D eigenvalue weighted by atomic mass is 9.94. The number of nitrogens with one attached hydrogen (secondary N) is 2. The van der Waals surface area contributed by atoms with E-state index in [1.807, 2.05) is 31.4 Å². The van der Waals surface area contributed by atoms with Crippen LogP contribution in [0.5, 0.6) is 0 Å². The first-order valence-electron chi connectivity index (χ1n) is 11.4. The average molecular weight is 492 g/mol. The van der Waals surface area contributed by atoms with Crippen LogP contribution in [0.1, 0.15) is 50.8 Å². The van der Waals surface area contributed by atoms with Crippen LogP contribution in [0.4, 0.5) is 0 Å². The lowest BCUT2D eigenvalue weighted by molar-refractivity contribution is -0.142. The first-order chi connectivity index (χ1) is 15.8. The van der Waals surface area contributed by atoms with Crippen molar-refractivity contribution in [3.05, 3.63) is 52.7 Å². The average Bonchev–Trinajstić information content (AvgIpc) is 3.31. The molecule has 1 atom stereocenters. The van der Waals surface area contributed by atoms with Crippen LogP contribution in [-0.4, -0.2) is 43.8 Å². The highest BCUT2D eigenvalue weighted by Gasteiger charge is 2.34. The molecule has 1 aromatic heterocycles. The Kier molecular flexibility index (Phi) is 9.05. The van der Waals surface area contributed by atoms with Gasteiger partial charge in [0.15, 0.2) is 0 Å². The molecule has 0 bridgehead atoms. The fourth-order valence-corrected chi connectivity index (χ4v) is 5.89. The smallest absolute Gasteiger partial charge is 0.243 e. The minimum Gasteiger partial charge on any atom is -0.352 e. The van der Waals surface area contributed by atoms with Crippen molar-refractivity contribution in [2.45, 2.75) is 69.5 Å². The first kappa shape index (κ1) is 25.4. The van der Waals surface area contributed by atoms with Gasteiger partial charge in [-0.05, 0) is 42.3 Å². The molecule has 1 unspecified atom stereocenters. The Morgan fingerprint density at radius 1 is 1.06 bits per heavy atom. The molecule has 33 heavy (non-hydrogen) atoms. The largest absolute Gasteiger partial charge is 0.352 e. The molecule has 1 saturated carbocycles. The van der Waals surface area contributed by atoms with E-state index in [1.54, 1.807) is 18.2 Å². The number of hydrogen-bond acceptors (Lipinski definition) is 5. The molecule has 0 saturated heterocycles. The van der Waals surface area contributed by atoms with Crippen LogP contribution in [0.2, 0.25) is 0 Å². The molecule has 1 fully saturated rings. The summed E-state index contributed by atoms with van der Waals surface area (Å²) in [7, 11) is -3.84. The van der Waals surface area contributed by atoms with Crippen molar-refractivity contribution in [1.29, 1.82) is 0 Å². The van der Waals surface area contributed by atoms with Gasteiger partial charge in [0.1, 0.15) is 6.04 Å². The molecule has 0 aliphatic heterocycles. The van der Waals surface area contributed by atoms with E-state index < -0.39 is 28.5 Å². The molecular formula is C24H33N3O4S2. The maximum absolute atomic E-state index is 13.3. The summed E-state index contributed by atoms with van der Waals surface area (Å²) >= 11 is 1.50. The van der Waals surface area contributed by atoms with Crippen molar-refractivity contribution in [3.63, 3.8) is 0 Å². The van der Waals surface area contributed by atoms with Crippen molar-refractivity contribution in [2.24, 2.45) is 5.92 Å². The van der Waals surface area contributed by atoms with Crippen molar-refractivity contribution < 1.29 is 18.0 Å². The van der Waals surface area contributed by atoms with E-state index in [9.17, 15) is 18.0 Å². The van der Waals surface area contributed by atoms with Gasteiger partial charge in [0.05, 0.1) is 18.0 Å². The normalized spacial score (nSPS) is 15.8. The van der Waals surface area contributed by atoms with Crippen LogP contribution in [0, 0.1) is 5.92 Å². The van der Waals surface area contributed by atoms with Gasteiger partial charge >= 0.3 is 0 Å². The molecule has 2 aromatic rings. The number of carbonyl (C=O) groups excluding carboxylic acids is 2. The Balaban J connectivity index is 1.77. The van der Waals surface area contributed by atoms with E-state index in [2.05, 4.69) is 10.0 Å². The summed E-state index contributed by atoms with van der Waals surface area (Å²) in [6, 6.07) is 11.2. The highest BCUT2D eigenvalue weighted by atomic mass is 32.2. The Bertz CT molecular complexity index is 1000. The number of amides is 2. The number of rotatable bonds is 10. The summed E-state index contributed by atoms with van der Waals surface area (Å²) in [4.78, 5) is 29.2. The van der Waals surface area contributed by atoms with Gasteiger partial charge in [-0.1, -0.05) is 57.4 Å². The van der Waals surface area contributed by atoms with Gasteiger partial charge in [-0.25, -0.2) is 13.1 Å². The molecule has 9 heteroatoms. The predicted molar refractivity (Wildman–Crippen MR) is 130 cm³/mol. The number of carbonyl (C=O) groups is 2. The zero-order valence-electron chi connectivity index (χ0n) is 19.2. The van der Waals surface area contributed by atoms with Gasteiger partial charge in [-0.2, -0.15) is 0 Å². The van der Waals surface area contributed by atoms with E-state index in [-0.39, 0.29) is 29.3 Å². The Hall–Kier alpha value is -2.23. The highest BCUT2D eigenvalue weighted by Crippen LogP contribution is 2.21. The van der Waals surface area contributed by atoms with Gasteiger partial charge < -0.3 is 10.2 Å².